The lowest BCUT2D eigenvalue weighted by Crippen LogP contribution is -2.31. The Hall–Kier alpha value is -3.08. The molecule has 32 heavy (non-hydrogen) atoms. The summed E-state index contributed by atoms with van der Waals surface area (Å²) < 4.78 is 42.2. The Morgan fingerprint density at radius 1 is 1.19 bits per heavy atom. The summed E-state index contributed by atoms with van der Waals surface area (Å²) in [4.78, 5) is 12.6. The molecule has 1 aliphatic carbocycles. The quantitative estimate of drug-likeness (QED) is 0.504. The molecule has 1 atom stereocenters. The third-order valence-corrected chi connectivity index (χ3v) is 5.85. The van der Waals surface area contributed by atoms with Crippen molar-refractivity contribution >= 4 is 17.7 Å². The van der Waals surface area contributed by atoms with Crippen molar-refractivity contribution in [3.8, 4) is 11.4 Å². The first-order chi connectivity index (χ1) is 15.3. The fraction of sp³-hybridized carbons (Fsp3) is 0.333. The van der Waals surface area contributed by atoms with E-state index in [9.17, 15) is 18.0 Å². The zero-order valence-corrected chi connectivity index (χ0v) is 17.9. The number of hydrogen-bond donors (Lipinski definition) is 1. The number of tetrazole rings is 1. The van der Waals surface area contributed by atoms with Gasteiger partial charge in [-0.2, -0.15) is 4.68 Å². The Labute approximate surface area is 186 Å². The molecule has 7 nitrogen and oxygen atoms in total. The van der Waals surface area contributed by atoms with Crippen molar-refractivity contribution in [2.24, 2.45) is 5.92 Å². The summed E-state index contributed by atoms with van der Waals surface area (Å²) in [5.41, 5.74) is 2.69. The van der Waals surface area contributed by atoms with Crippen LogP contribution in [0.3, 0.4) is 0 Å². The Balaban J connectivity index is 1.38. The number of carbonyl (C=O) groups excluding carboxylic acids is 1. The lowest BCUT2D eigenvalue weighted by atomic mass is 10.0. The summed E-state index contributed by atoms with van der Waals surface area (Å²) >= 11 is 1.15. The molecule has 1 aromatic heterocycles. The highest BCUT2D eigenvalue weighted by Crippen LogP contribution is 2.41. The molecule has 0 bridgehead atoms. The normalized spacial score (nSPS) is 14.8. The number of carbonyl (C=O) groups is 1. The lowest BCUT2D eigenvalue weighted by Gasteiger charge is -2.19. The van der Waals surface area contributed by atoms with E-state index in [1.54, 1.807) is 0 Å². The van der Waals surface area contributed by atoms with Crippen LogP contribution in [-0.2, 0) is 4.79 Å². The third-order valence-electron chi connectivity index (χ3n) is 4.93. The summed E-state index contributed by atoms with van der Waals surface area (Å²) in [7, 11) is 0. The molecule has 1 heterocycles. The second-order valence-corrected chi connectivity index (χ2v) is 8.44. The number of amides is 1. The van der Waals surface area contributed by atoms with Gasteiger partial charge in [-0.1, -0.05) is 41.6 Å². The number of aryl methyl sites for hydroxylation is 1. The van der Waals surface area contributed by atoms with Crippen LogP contribution in [0.2, 0.25) is 0 Å². The van der Waals surface area contributed by atoms with Crippen molar-refractivity contribution in [2.75, 3.05) is 5.75 Å². The Morgan fingerprint density at radius 3 is 2.50 bits per heavy atom. The van der Waals surface area contributed by atoms with Gasteiger partial charge in [-0.3, -0.25) is 4.79 Å². The molecule has 11 heteroatoms. The van der Waals surface area contributed by atoms with E-state index in [-0.39, 0.29) is 23.5 Å². The molecule has 168 valence electrons. The maximum absolute atomic E-state index is 12.6. The molecule has 3 aromatic rings. The van der Waals surface area contributed by atoms with Crippen LogP contribution in [0.5, 0.6) is 5.75 Å². The second kappa shape index (κ2) is 9.19. The van der Waals surface area contributed by atoms with Gasteiger partial charge in [-0.15, -0.1) is 18.3 Å². The van der Waals surface area contributed by atoms with E-state index < -0.39 is 6.36 Å². The van der Waals surface area contributed by atoms with Gasteiger partial charge in [0.05, 0.1) is 17.5 Å². The van der Waals surface area contributed by atoms with E-state index in [4.69, 9.17) is 0 Å². The third kappa shape index (κ3) is 5.78. The van der Waals surface area contributed by atoms with Crippen LogP contribution in [0.15, 0.2) is 53.7 Å². The first-order valence-corrected chi connectivity index (χ1v) is 10.9. The van der Waals surface area contributed by atoms with Gasteiger partial charge >= 0.3 is 6.36 Å². The van der Waals surface area contributed by atoms with Gasteiger partial charge in [0, 0.05) is 0 Å². The zero-order chi connectivity index (χ0) is 22.7. The van der Waals surface area contributed by atoms with Crippen molar-refractivity contribution in [3.05, 3.63) is 59.7 Å². The van der Waals surface area contributed by atoms with Crippen LogP contribution < -0.4 is 10.1 Å². The average Bonchev–Trinajstić information content (AvgIpc) is 3.48. The molecular formula is C21H20F3N5O2S. The highest BCUT2D eigenvalue weighted by atomic mass is 32.2. The number of hydrogen-bond acceptors (Lipinski definition) is 6. The van der Waals surface area contributed by atoms with Crippen molar-refractivity contribution in [3.63, 3.8) is 0 Å². The number of thioether (sulfide) groups is 1. The fourth-order valence-electron chi connectivity index (χ4n) is 3.24. The van der Waals surface area contributed by atoms with Gasteiger partial charge in [0.25, 0.3) is 0 Å². The summed E-state index contributed by atoms with van der Waals surface area (Å²) in [6.45, 7) is 2.02. The van der Waals surface area contributed by atoms with Crippen LogP contribution in [-0.4, -0.2) is 38.2 Å². The van der Waals surface area contributed by atoms with Crippen LogP contribution >= 0.6 is 11.8 Å². The lowest BCUT2D eigenvalue weighted by molar-refractivity contribution is -0.274. The minimum absolute atomic E-state index is 0.0270. The van der Waals surface area contributed by atoms with Gasteiger partial charge in [-0.05, 0) is 65.9 Å². The Bertz CT molecular complexity index is 1070. The van der Waals surface area contributed by atoms with Crippen molar-refractivity contribution in [2.45, 2.75) is 37.3 Å². The number of halogens is 3. The first kappa shape index (κ1) is 22.1. The topological polar surface area (TPSA) is 81.9 Å². The van der Waals surface area contributed by atoms with Crippen LogP contribution in [0, 0.1) is 12.8 Å². The predicted molar refractivity (Wildman–Crippen MR) is 111 cm³/mol. The number of ether oxygens (including phenoxy) is 1. The van der Waals surface area contributed by atoms with Crippen LogP contribution in [0.4, 0.5) is 13.2 Å². The number of alkyl halides is 3. The average molecular weight is 463 g/mol. The largest absolute Gasteiger partial charge is 0.573 e. The van der Waals surface area contributed by atoms with Gasteiger partial charge < -0.3 is 10.1 Å². The van der Waals surface area contributed by atoms with Gasteiger partial charge in [0.1, 0.15) is 5.75 Å². The van der Waals surface area contributed by atoms with Crippen molar-refractivity contribution in [1.82, 2.24) is 25.5 Å². The van der Waals surface area contributed by atoms with Gasteiger partial charge in [-0.25, -0.2) is 0 Å². The van der Waals surface area contributed by atoms with Crippen LogP contribution in [0.1, 0.15) is 30.0 Å². The SMILES string of the molecule is Cc1ccc(C(NC(=O)CSc2nnnn2-c2ccc(OC(F)(F)F)cc2)C2CC2)cc1. The molecule has 1 amide bonds. The summed E-state index contributed by atoms with van der Waals surface area (Å²) in [6, 6.07) is 13.3. The number of benzene rings is 2. The monoisotopic (exact) mass is 463 g/mol. The molecule has 0 aliphatic heterocycles. The second-order valence-electron chi connectivity index (χ2n) is 7.50. The maximum atomic E-state index is 12.6. The number of rotatable bonds is 8. The van der Waals surface area contributed by atoms with E-state index in [0.29, 0.717) is 16.8 Å². The smallest absolute Gasteiger partial charge is 0.406 e. The molecule has 0 saturated heterocycles. The molecule has 1 aliphatic rings. The van der Waals surface area contributed by atoms with Gasteiger partial charge in [0.2, 0.25) is 11.1 Å². The standard InChI is InChI=1S/C21H20F3N5O2S/c1-13-2-4-14(5-3-13)19(15-6-7-15)25-18(30)12-32-20-26-27-28-29(20)16-8-10-17(11-9-16)31-21(22,23)24/h2-5,8-11,15,19H,6-7,12H2,1H3,(H,25,30). The van der Waals surface area contributed by atoms with Crippen molar-refractivity contribution < 1.29 is 22.7 Å². The van der Waals surface area contributed by atoms with E-state index in [0.717, 1.165) is 35.7 Å². The number of aromatic nitrogens is 4. The minimum Gasteiger partial charge on any atom is -0.406 e. The molecule has 4 rings (SSSR count). The molecule has 0 spiro atoms. The highest BCUT2D eigenvalue weighted by Gasteiger charge is 2.33. The van der Waals surface area contributed by atoms with E-state index in [1.165, 1.54) is 28.9 Å². The Kier molecular flexibility index (Phi) is 6.35. The van der Waals surface area contributed by atoms with E-state index in [2.05, 4.69) is 25.6 Å². The molecule has 1 unspecified atom stereocenters. The first-order valence-electron chi connectivity index (χ1n) is 9.92. The summed E-state index contributed by atoms with van der Waals surface area (Å²) in [5, 5.41) is 14.8. The Morgan fingerprint density at radius 2 is 1.88 bits per heavy atom. The van der Waals surface area contributed by atoms with E-state index >= 15 is 0 Å². The van der Waals surface area contributed by atoms with Crippen molar-refractivity contribution in [1.29, 1.82) is 0 Å². The molecule has 0 radical (unpaired) electrons. The molecule has 1 saturated carbocycles. The zero-order valence-electron chi connectivity index (χ0n) is 17.0. The number of nitrogens with zero attached hydrogens (tertiary/aromatic N) is 4. The van der Waals surface area contributed by atoms with Gasteiger partial charge in [0.15, 0.2) is 0 Å². The molecule has 2 aromatic carbocycles. The van der Waals surface area contributed by atoms with E-state index in [1.807, 2.05) is 31.2 Å². The highest BCUT2D eigenvalue weighted by molar-refractivity contribution is 7.99. The predicted octanol–water partition coefficient (Wildman–Crippen LogP) is 4.23. The molecule has 1 fully saturated rings. The fourth-order valence-corrected chi connectivity index (χ4v) is 3.94. The maximum Gasteiger partial charge on any atom is 0.573 e. The summed E-state index contributed by atoms with van der Waals surface area (Å²) in [5.74, 6) is 0.0561. The number of nitrogens with one attached hydrogen (secondary N) is 1. The minimum atomic E-state index is -4.76. The molecule has 1 N–H and O–H groups in total. The molecular weight excluding hydrogens is 443 g/mol. The summed E-state index contributed by atoms with van der Waals surface area (Å²) in [6.07, 6.45) is -2.60. The van der Waals surface area contributed by atoms with Crippen LogP contribution in [0.25, 0.3) is 5.69 Å².